The van der Waals surface area contributed by atoms with Crippen LogP contribution in [0.2, 0.25) is 0 Å². The van der Waals surface area contributed by atoms with Gasteiger partial charge in [0.05, 0.1) is 11.9 Å². The predicted octanol–water partition coefficient (Wildman–Crippen LogP) is 0.382. The van der Waals surface area contributed by atoms with Gasteiger partial charge in [0.15, 0.2) is 0 Å². The van der Waals surface area contributed by atoms with Crippen LogP contribution in [0.3, 0.4) is 0 Å². The number of nitrogens with zero attached hydrogens (tertiary/aromatic N) is 2. The first-order valence-corrected chi connectivity index (χ1v) is 5.12. The van der Waals surface area contributed by atoms with E-state index in [-0.39, 0.29) is 12.5 Å². The molecule has 82 valence electrons. The van der Waals surface area contributed by atoms with E-state index in [9.17, 15) is 4.79 Å². The molecule has 1 fully saturated rings. The summed E-state index contributed by atoms with van der Waals surface area (Å²) >= 11 is 0. The summed E-state index contributed by atoms with van der Waals surface area (Å²) in [6.45, 7) is 3.19. The number of hydrogen-bond donors (Lipinski definition) is 2. The van der Waals surface area contributed by atoms with Gasteiger partial charge < -0.3 is 11.1 Å². The minimum Gasteiger partial charge on any atom is -0.396 e. The molecule has 1 aromatic rings. The lowest BCUT2D eigenvalue weighted by molar-refractivity contribution is -0.122. The molecule has 15 heavy (non-hydrogen) atoms. The molecule has 3 N–H and O–H groups in total. The first kappa shape index (κ1) is 10.0. The first-order valence-electron chi connectivity index (χ1n) is 5.12. The monoisotopic (exact) mass is 208 g/mol. The van der Waals surface area contributed by atoms with Gasteiger partial charge in [-0.15, -0.1) is 0 Å². The van der Waals surface area contributed by atoms with Gasteiger partial charge in [0.1, 0.15) is 6.54 Å². The third kappa shape index (κ3) is 2.71. The lowest BCUT2D eigenvalue weighted by atomic mass is 10.1. The molecule has 1 amide bonds. The van der Waals surface area contributed by atoms with Gasteiger partial charge in [-0.25, -0.2) is 0 Å². The lowest BCUT2D eigenvalue weighted by Crippen LogP contribution is -2.32. The molecule has 0 aliphatic heterocycles. The molecule has 0 atom stereocenters. The minimum absolute atomic E-state index is 0.00812. The Balaban J connectivity index is 1.77. The molecule has 0 radical (unpaired) electrons. The van der Waals surface area contributed by atoms with Crippen LogP contribution in [0.1, 0.15) is 19.8 Å². The summed E-state index contributed by atoms with van der Waals surface area (Å²) in [6.07, 6.45) is 5.61. The second kappa shape index (κ2) is 3.56. The van der Waals surface area contributed by atoms with Crippen molar-refractivity contribution < 1.29 is 4.79 Å². The number of anilines is 1. The summed E-state index contributed by atoms with van der Waals surface area (Å²) in [6, 6.07) is 0. The van der Waals surface area contributed by atoms with E-state index in [1.54, 1.807) is 10.9 Å². The number of nitrogens with two attached hydrogens (primary N) is 1. The Labute approximate surface area is 88.6 Å². The Bertz CT molecular complexity index is 367. The van der Waals surface area contributed by atoms with E-state index < -0.39 is 0 Å². The molecule has 0 unspecified atom stereocenters. The Kier molecular flexibility index (Phi) is 2.38. The number of carbonyl (C=O) groups excluding carboxylic acids is 1. The van der Waals surface area contributed by atoms with Crippen LogP contribution in [-0.2, 0) is 11.3 Å². The summed E-state index contributed by atoms with van der Waals surface area (Å²) in [5.41, 5.74) is 6.42. The fourth-order valence-corrected chi connectivity index (χ4v) is 1.37. The van der Waals surface area contributed by atoms with Crippen molar-refractivity contribution in [2.75, 3.05) is 12.3 Å². The van der Waals surface area contributed by atoms with Crippen LogP contribution >= 0.6 is 0 Å². The molecule has 0 aromatic carbocycles. The van der Waals surface area contributed by atoms with Gasteiger partial charge in [-0.3, -0.25) is 9.48 Å². The average Bonchev–Trinajstić information content (AvgIpc) is 2.78. The Hall–Kier alpha value is -1.52. The molecule has 5 heteroatoms. The number of rotatable bonds is 4. The number of amides is 1. The molecule has 1 aromatic heterocycles. The first-order chi connectivity index (χ1) is 7.07. The van der Waals surface area contributed by atoms with Crippen molar-refractivity contribution in [2.24, 2.45) is 5.41 Å². The third-order valence-corrected chi connectivity index (χ3v) is 2.77. The van der Waals surface area contributed by atoms with Crippen LogP contribution in [0.25, 0.3) is 0 Å². The van der Waals surface area contributed by atoms with Crippen molar-refractivity contribution in [3.05, 3.63) is 12.4 Å². The Morgan fingerprint density at radius 3 is 3.00 bits per heavy atom. The summed E-state index contributed by atoms with van der Waals surface area (Å²) in [4.78, 5) is 11.5. The fourth-order valence-electron chi connectivity index (χ4n) is 1.37. The maximum atomic E-state index is 11.5. The molecule has 1 aliphatic carbocycles. The molecule has 1 aliphatic rings. The molecular weight excluding hydrogens is 192 g/mol. The van der Waals surface area contributed by atoms with Crippen molar-refractivity contribution >= 4 is 11.6 Å². The van der Waals surface area contributed by atoms with Crippen LogP contribution in [0.5, 0.6) is 0 Å². The largest absolute Gasteiger partial charge is 0.396 e. The Morgan fingerprint density at radius 2 is 2.47 bits per heavy atom. The zero-order chi connectivity index (χ0) is 10.9. The van der Waals surface area contributed by atoms with E-state index >= 15 is 0 Å². The summed E-state index contributed by atoms with van der Waals surface area (Å²) in [5.74, 6) is -0.00812. The zero-order valence-corrected chi connectivity index (χ0v) is 8.86. The van der Waals surface area contributed by atoms with E-state index in [2.05, 4.69) is 17.3 Å². The molecule has 0 saturated heterocycles. The summed E-state index contributed by atoms with van der Waals surface area (Å²) < 4.78 is 1.54. The second-order valence-electron chi connectivity index (χ2n) is 4.56. The molecule has 0 spiro atoms. The van der Waals surface area contributed by atoms with Crippen molar-refractivity contribution in [1.82, 2.24) is 15.1 Å². The van der Waals surface area contributed by atoms with Gasteiger partial charge in [0, 0.05) is 12.7 Å². The Morgan fingerprint density at radius 1 is 1.73 bits per heavy atom. The smallest absolute Gasteiger partial charge is 0.241 e. The topological polar surface area (TPSA) is 72.9 Å². The van der Waals surface area contributed by atoms with Gasteiger partial charge >= 0.3 is 0 Å². The highest BCUT2D eigenvalue weighted by atomic mass is 16.2. The van der Waals surface area contributed by atoms with E-state index in [0.717, 1.165) is 6.54 Å². The number of nitrogen functional groups attached to an aromatic ring is 1. The molecule has 5 nitrogen and oxygen atoms in total. The van der Waals surface area contributed by atoms with Crippen LogP contribution in [0.15, 0.2) is 12.4 Å². The van der Waals surface area contributed by atoms with Gasteiger partial charge in [-0.05, 0) is 18.3 Å². The van der Waals surface area contributed by atoms with Crippen LogP contribution in [0, 0.1) is 5.41 Å². The van der Waals surface area contributed by atoms with E-state index in [0.29, 0.717) is 11.1 Å². The summed E-state index contributed by atoms with van der Waals surface area (Å²) in [7, 11) is 0. The number of hydrogen-bond acceptors (Lipinski definition) is 3. The molecule has 2 rings (SSSR count). The normalized spacial score (nSPS) is 17.4. The molecular formula is C10H16N4O. The SMILES string of the molecule is CC1(CNC(=O)Cn2cc(N)cn2)CC1. The van der Waals surface area contributed by atoms with Crippen LogP contribution < -0.4 is 11.1 Å². The van der Waals surface area contributed by atoms with E-state index in [1.165, 1.54) is 19.0 Å². The van der Waals surface area contributed by atoms with Crippen molar-refractivity contribution in [3.8, 4) is 0 Å². The lowest BCUT2D eigenvalue weighted by Gasteiger charge is -2.09. The maximum absolute atomic E-state index is 11.5. The fraction of sp³-hybridized carbons (Fsp3) is 0.600. The molecule has 1 saturated carbocycles. The standard InChI is InChI=1S/C10H16N4O/c1-10(2-3-10)7-12-9(15)6-14-5-8(11)4-13-14/h4-5H,2-3,6-7,11H2,1H3,(H,12,15). The number of nitrogens with one attached hydrogen (secondary N) is 1. The number of carbonyl (C=O) groups is 1. The van der Waals surface area contributed by atoms with Gasteiger partial charge in [-0.1, -0.05) is 6.92 Å². The average molecular weight is 208 g/mol. The highest BCUT2D eigenvalue weighted by Crippen LogP contribution is 2.43. The van der Waals surface area contributed by atoms with Crippen LogP contribution in [-0.4, -0.2) is 22.2 Å². The van der Waals surface area contributed by atoms with Gasteiger partial charge in [0.25, 0.3) is 0 Å². The second-order valence-corrected chi connectivity index (χ2v) is 4.56. The third-order valence-electron chi connectivity index (χ3n) is 2.77. The van der Waals surface area contributed by atoms with Crippen molar-refractivity contribution in [2.45, 2.75) is 26.3 Å². The highest BCUT2D eigenvalue weighted by molar-refractivity contribution is 5.75. The van der Waals surface area contributed by atoms with Crippen molar-refractivity contribution in [3.63, 3.8) is 0 Å². The van der Waals surface area contributed by atoms with Gasteiger partial charge in [0.2, 0.25) is 5.91 Å². The van der Waals surface area contributed by atoms with E-state index in [1.807, 2.05) is 0 Å². The van der Waals surface area contributed by atoms with Gasteiger partial charge in [-0.2, -0.15) is 5.10 Å². The van der Waals surface area contributed by atoms with Crippen molar-refractivity contribution in [1.29, 1.82) is 0 Å². The van der Waals surface area contributed by atoms with E-state index in [4.69, 9.17) is 5.73 Å². The maximum Gasteiger partial charge on any atom is 0.241 e. The molecule has 0 bridgehead atoms. The minimum atomic E-state index is -0.00812. The zero-order valence-electron chi connectivity index (χ0n) is 8.86. The molecule has 1 heterocycles. The van der Waals surface area contributed by atoms with Crippen LogP contribution in [0.4, 0.5) is 5.69 Å². The predicted molar refractivity (Wildman–Crippen MR) is 57.0 cm³/mol. The highest BCUT2D eigenvalue weighted by Gasteiger charge is 2.37. The summed E-state index contributed by atoms with van der Waals surface area (Å²) in [5, 5.41) is 6.85. The quantitative estimate of drug-likeness (QED) is 0.751. The number of aromatic nitrogens is 2.